The lowest BCUT2D eigenvalue weighted by atomic mass is 10.0. The van der Waals surface area contributed by atoms with Crippen molar-refractivity contribution >= 4 is 27.6 Å². The highest BCUT2D eigenvalue weighted by Gasteiger charge is 2.24. The van der Waals surface area contributed by atoms with Gasteiger partial charge >= 0.3 is 0 Å². The number of para-hydroxylation sites is 2. The van der Waals surface area contributed by atoms with E-state index in [0.717, 1.165) is 46.9 Å². The zero-order valence-electron chi connectivity index (χ0n) is 25.1. The van der Waals surface area contributed by atoms with E-state index in [-0.39, 0.29) is 29.3 Å². The van der Waals surface area contributed by atoms with Crippen LogP contribution in [0.3, 0.4) is 0 Å². The molecule has 0 spiro atoms. The van der Waals surface area contributed by atoms with E-state index in [4.69, 9.17) is 9.47 Å². The molecule has 0 amide bonds. The van der Waals surface area contributed by atoms with Gasteiger partial charge in [-0.25, -0.2) is 9.13 Å². The summed E-state index contributed by atoms with van der Waals surface area (Å²) in [4.78, 5) is 14.2. The topological polar surface area (TPSA) is 44.3 Å². The minimum atomic E-state index is -0.00313. The smallest absolute Gasteiger partial charge is 0.245 e. The Kier molecular flexibility index (Phi) is 10.8. The number of Topliss-reactive ketones (excluding diaryl/α,β-unsaturated/α-hetero) is 1. The predicted molar refractivity (Wildman–Crippen MR) is 166 cm³/mol. The minimum Gasteiger partial charge on any atom is -1.00 e. The fraction of sp³-hybridized carbons (Fsp3) is 0.333. The second kappa shape index (κ2) is 14.5. The number of carbonyl (C=O) groups excluding carboxylic acids is 1. The first-order valence-electron chi connectivity index (χ1n) is 14.8. The van der Waals surface area contributed by atoms with Crippen LogP contribution in [0.2, 0.25) is 0 Å². The van der Waals surface area contributed by atoms with Crippen LogP contribution in [0, 0.1) is 11.8 Å². The van der Waals surface area contributed by atoms with E-state index >= 15 is 0 Å². The van der Waals surface area contributed by atoms with Gasteiger partial charge in [-0.3, -0.25) is 4.79 Å². The van der Waals surface area contributed by atoms with Crippen molar-refractivity contribution in [3.05, 3.63) is 102 Å². The van der Waals surface area contributed by atoms with E-state index in [1.54, 1.807) is 0 Å². The summed E-state index contributed by atoms with van der Waals surface area (Å²) >= 11 is 0. The molecule has 5 nitrogen and oxygen atoms in total. The number of aromatic nitrogens is 2. The third-order valence-electron chi connectivity index (χ3n) is 7.44. The summed E-state index contributed by atoms with van der Waals surface area (Å²) in [6.07, 6.45) is 3.91. The highest BCUT2D eigenvalue weighted by molar-refractivity contribution is 6.07. The lowest BCUT2D eigenvalue weighted by molar-refractivity contribution is -0.663. The van der Waals surface area contributed by atoms with E-state index in [0.29, 0.717) is 36.4 Å². The summed E-state index contributed by atoms with van der Waals surface area (Å²) in [6.45, 7) is 10.8. The molecule has 0 N–H and O–H groups in total. The second-order valence-electron chi connectivity index (χ2n) is 11.6. The van der Waals surface area contributed by atoms with Crippen molar-refractivity contribution in [2.75, 3.05) is 13.2 Å². The lowest BCUT2D eigenvalue weighted by Gasteiger charge is -2.18. The van der Waals surface area contributed by atoms with Crippen molar-refractivity contribution in [2.45, 2.75) is 53.6 Å². The Morgan fingerprint density at radius 3 is 2.12 bits per heavy atom. The van der Waals surface area contributed by atoms with Crippen LogP contribution in [0.5, 0.6) is 11.5 Å². The highest BCUT2D eigenvalue weighted by Crippen LogP contribution is 2.38. The molecule has 1 aromatic heterocycles. The van der Waals surface area contributed by atoms with E-state index in [2.05, 4.69) is 81.1 Å². The van der Waals surface area contributed by atoms with Crippen LogP contribution < -0.4 is 31.0 Å². The SMILES string of the molecule is CC(C)CCOc1cc(C(=O)Cn2c[n+](Cc3ccccc3)c3ccccc32)c(OCCC(C)C)c2ccccc12.[Br-]. The monoisotopic (exact) mass is 628 g/mol. The van der Waals surface area contributed by atoms with E-state index in [1.165, 1.54) is 5.56 Å². The summed E-state index contributed by atoms with van der Waals surface area (Å²) in [6, 6.07) is 28.6. The van der Waals surface area contributed by atoms with E-state index in [1.807, 2.05) is 47.0 Å². The second-order valence-corrected chi connectivity index (χ2v) is 11.6. The Hall–Kier alpha value is -3.64. The molecule has 4 aromatic carbocycles. The first-order chi connectivity index (χ1) is 19.9. The number of ether oxygens (including phenoxy) is 2. The van der Waals surface area contributed by atoms with Crippen molar-refractivity contribution in [3.63, 3.8) is 0 Å². The van der Waals surface area contributed by atoms with Gasteiger partial charge in [-0.15, -0.1) is 0 Å². The third kappa shape index (κ3) is 7.40. The Balaban J connectivity index is 0.00000405. The van der Waals surface area contributed by atoms with Gasteiger partial charge in [-0.05, 0) is 48.4 Å². The number of carbonyl (C=O) groups is 1. The molecule has 0 atom stereocenters. The van der Waals surface area contributed by atoms with Crippen LogP contribution in [0.4, 0.5) is 0 Å². The Morgan fingerprint density at radius 2 is 1.40 bits per heavy atom. The van der Waals surface area contributed by atoms with Crippen LogP contribution in [0.15, 0.2) is 91.3 Å². The van der Waals surface area contributed by atoms with Gasteiger partial charge in [0.15, 0.2) is 17.6 Å². The quantitative estimate of drug-likeness (QED) is 0.138. The number of halogens is 1. The number of hydrogen-bond acceptors (Lipinski definition) is 3. The van der Waals surface area contributed by atoms with Crippen molar-refractivity contribution in [3.8, 4) is 11.5 Å². The molecule has 0 unspecified atom stereocenters. The summed E-state index contributed by atoms with van der Waals surface area (Å²) in [5.74, 6) is 2.42. The molecule has 5 aromatic rings. The van der Waals surface area contributed by atoms with Crippen LogP contribution in [-0.4, -0.2) is 23.6 Å². The number of ketones is 1. The molecule has 42 heavy (non-hydrogen) atoms. The molecule has 0 saturated carbocycles. The maximum Gasteiger partial charge on any atom is 0.245 e. The van der Waals surface area contributed by atoms with Crippen molar-refractivity contribution in [2.24, 2.45) is 11.8 Å². The largest absolute Gasteiger partial charge is 1.00 e. The Morgan fingerprint density at radius 1 is 0.786 bits per heavy atom. The zero-order valence-corrected chi connectivity index (χ0v) is 26.6. The van der Waals surface area contributed by atoms with Gasteiger partial charge in [0.05, 0.1) is 18.8 Å². The van der Waals surface area contributed by atoms with Crippen molar-refractivity contribution < 1.29 is 35.8 Å². The molecular weight excluding hydrogens is 588 g/mol. The molecule has 0 bridgehead atoms. The number of fused-ring (bicyclic) bond motifs is 2. The summed E-state index contributed by atoms with van der Waals surface area (Å²) < 4.78 is 16.9. The minimum absolute atomic E-state index is 0. The molecule has 220 valence electrons. The molecule has 5 rings (SSSR count). The molecule has 0 aliphatic heterocycles. The fourth-order valence-corrected chi connectivity index (χ4v) is 5.11. The summed E-state index contributed by atoms with van der Waals surface area (Å²) in [7, 11) is 0. The number of imidazole rings is 1. The number of rotatable bonds is 13. The van der Waals surface area contributed by atoms with Gasteiger partial charge in [0.2, 0.25) is 12.1 Å². The van der Waals surface area contributed by atoms with Crippen molar-refractivity contribution in [1.82, 2.24) is 4.57 Å². The van der Waals surface area contributed by atoms with Crippen LogP contribution in [0.1, 0.15) is 56.5 Å². The fourth-order valence-electron chi connectivity index (χ4n) is 5.11. The molecule has 6 heteroatoms. The number of benzene rings is 4. The average Bonchev–Trinajstić information content (AvgIpc) is 3.30. The van der Waals surface area contributed by atoms with Gasteiger partial charge in [0, 0.05) is 10.8 Å². The number of nitrogens with zero attached hydrogens (tertiary/aromatic N) is 2. The first kappa shape index (κ1) is 31.3. The van der Waals surface area contributed by atoms with Gasteiger partial charge in [-0.2, -0.15) is 0 Å². The van der Waals surface area contributed by atoms with Gasteiger partial charge < -0.3 is 26.5 Å². The highest BCUT2D eigenvalue weighted by atomic mass is 79.9. The van der Waals surface area contributed by atoms with Crippen molar-refractivity contribution in [1.29, 1.82) is 0 Å². The van der Waals surface area contributed by atoms with Gasteiger partial charge in [0.1, 0.15) is 18.0 Å². The Labute approximate surface area is 259 Å². The molecule has 0 aliphatic rings. The average molecular weight is 630 g/mol. The number of hydrogen-bond donors (Lipinski definition) is 0. The van der Waals surface area contributed by atoms with E-state index in [9.17, 15) is 4.79 Å². The van der Waals surface area contributed by atoms with E-state index < -0.39 is 0 Å². The Bertz CT molecular complexity index is 1630. The molecular formula is C36H41BrN2O3. The standard InChI is InChI=1S/C36H41N2O3.BrH/c1-26(2)18-20-40-35-22-31(36(41-21-19-27(3)4)30-15-9-8-14-29(30)35)34(39)24-38-25-37(23-28-12-6-5-7-13-28)32-16-10-11-17-33(32)38;/h5-17,22,25-27H,18-21,23-24H2,1-4H3;1H/q+1;/p-1. The van der Waals surface area contributed by atoms with Gasteiger partial charge in [-0.1, -0.05) is 94.4 Å². The third-order valence-corrected chi connectivity index (χ3v) is 7.44. The zero-order chi connectivity index (χ0) is 28.8. The molecule has 0 radical (unpaired) electrons. The molecule has 0 saturated heterocycles. The normalized spacial score (nSPS) is 11.3. The molecule has 0 aliphatic carbocycles. The molecule has 1 heterocycles. The van der Waals surface area contributed by atoms with Gasteiger partial charge in [0.25, 0.3) is 0 Å². The summed E-state index contributed by atoms with van der Waals surface area (Å²) in [5, 5.41) is 1.89. The van der Waals surface area contributed by atoms with Crippen LogP contribution in [-0.2, 0) is 13.1 Å². The first-order valence-corrected chi connectivity index (χ1v) is 14.8. The van der Waals surface area contributed by atoms with Crippen LogP contribution >= 0.6 is 0 Å². The lowest BCUT2D eigenvalue weighted by Crippen LogP contribution is -3.00. The maximum absolute atomic E-state index is 14.2. The predicted octanol–water partition coefficient (Wildman–Crippen LogP) is 4.87. The van der Waals surface area contributed by atoms with Crippen LogP contribution in [0.25, 0.3) is 21.8 Å². The summed E-state index contributed by atoms with van der Waals surface area (Å²) in [5.41, 5.74) is 3.90. The molecule has 0 fully saturated rings. The maximum atomic E-state index is 14.2.